The van der Waals surface area contributed by atoms with Gasteiger partial charge in [0.2, 0.25) is 0 Å². The van der Waals surface area contributed by atoms with Gasteiger partial charge in [-0.25, -0.2) is 4.39 Å². The fourth-order valence-electron chi connectivity index (χ4n) is 1.78. The van der Waals surface area contributed by atoms with Gasteiger partial charge in [0.25, 0.3) is 0 Å². The number of benzene rings is 1. The van der Waals surface area contributed by atoms with Crippen molar-refractivity contribution < 1.29 is 13.5 Å². The molecule has 0 aliphatic carbocycles. The maximum Gasteiger partial charge on any atom is 0.146 e. The Balaban J connectivity index is 1.91. The zero-order valence-corrected chi connectivity index (χ0v) is 8.44. The summed E-state index contributed by atoms with van der Waals surface area (Å²) in [5.74, 6) is 0.242. The largest absolute Gasteiger partial charge is 0.481 e. The predicted octanol–water partition coefficient (Wildman–Crippen LogP) is 2.96. The molecule has 1 N–H and O–H groups in total. The van der Waals surface area contributed by atoms with E-state index in [9.17, 15) is 4.39 Å². The normalized spacial score (nSPS) is 18.4. The van der Waals surface area contributed by atoms with Gasteiger partial charge in [-0.15, -0.1) is 0 Å². The first-order chi connectivity index (χ1) is 7.83. The van der Waals surface area contributed by atoms with Crippen molar-refractivity contribution in [1.29, 1.82) is 0 Å². The van der Waals surface area contributed by atoms with Gasteiger partial charge in [-0.1, -0.05) is 0 Å². The van der Waals surface area contributed by atoms with E-state index in [-0.39, 0.29) is 11.9 Å². The molecule has 3 rings (SSSR count). The molecule has 1 atom stereocenters. The maximum atomic E-state index is 13.0. The van der Waals surface area contributed by atoms with Crippen LogP contribution in [0.1, 0.15) is 11.7 Å². The summed E-state index contributed by atoms with van der Waals surface area (Å²) < 4.78 is 23.7. The van der Waals surface area contributed by atoms with Crippen LogP contribution >= 0.6 is 0 Å². The number of halogens is 1. The lowest BCUT2D eigenvalue weighted by molar-refractivity contribution is 0.208. The van der Waals surface area contributed by atoms with Crippen molar-refractivity contribution in [2.45, 2.75) is 6.10 Å². The number of furan rings is 1. The average molecular weight is 219 g/mol. The minimum absolute atomic E-state index is 0.131. The molecule has 16 heavy (non-hydrogen) atoms. The van der Waals surface area contributed by atoms with Crippen LogP contribution in [-0.2, 0) is 0 Å². The molecule has 1 aromatic carbocycles. The lowest BCUT2D eigenvalue weighted by Crippen LogP contribution is -2.23. The molecule has 0 spiro atoms. The minimum Gasteiger partial charge on any atom is -0.481 e. The first-order valence-electron chi connectivity index (χ1n) is 5.05. The van der Waals surface area contributed by atoms with Crippen molar-refractivity contribution >= 4 is 5.69 Å². The van der Waals surface area contributed by atoms with E-state index >= 15 is 0 Å². The van der Waals surface area contributed by atoms with E-state index < -0.39 is 0 Å². The average Bonchev–Trinajstić information content (AvgIpc) is 2.81. The molecule has 1 aromatic heterocycles. The summed E-state index contributed by atoms with van der Waals surface area (Å²) in [7, 11) is 0. The Morgan fingerprint density at radius 2 is 2.25 bits per heavy atom. The highest BCUT2D eigenvalue weighted by atomic mass is 19.1. The maximum absolute atomic E-state index is 13.0. The van der Waals surface area contributed by atoms with Crippen LogP contribution < -0.4 is 10.1 Å². The standard InChI is InChI=1S/C12H10FNO2/c13-9-1-2-10-11(5-9)16-12(6-14-10)8-3-4-15-7-8/h1-5,7,12,14H,6H2. The van der Waals surface area contributed by atoms with Crippen molar-refractivity contribution in [2.75, 3.05) is 11.9 Å². The Labute approximate surface area is 91.8 Å². The SMILES string of the molecule is Fc1ccc2c(c1)OC(c1ccoc1)CN2. The number of hydrogen-bond acceptors (Lipinski definition) is 3. The first kappa shape index (κ1) is 9.27. The van der Waals surface area contributed by atoms with Crippen LogP contribution in [-0.4, -0.2) is 6.54 Å². The molecule has 0 bridgehead atoms. The highest BCUT2D eigenvalue weighted by molar-refractivity contribution is 5.58. The van der Waals surface area contributed by atoms with E-state index in [1.165, 1.54) is 12.1 Å². The van der Waals surface area contributed by atoms with Crippen molar-refractivity contribution in [2.24, 2.45) is 0 Å². The Morgan fingerprint density at radius 3 is 3.06 bits per heavy atom. The molecule has 0 saturated heterocycles. The Morgan fingerprint density at radius 1 is 1.31 bits per heavy atom. The highest BCUT2D eigenvalue weighted by Gasteiger charge is 2.21. The third-order valence-corrected chi connectivity index (χ3v) is 2.61. The number of fused-ring (bicyclic) bond motifs is 1. The highest BCUT2D eigenvalue weighted by Crippen LogP contribution is 2.34. The third kappa shape index (κ3) is 1.52. The van der Waals surface area contributed by atoms with Gasteiger partial charge in [0.1, 0.15) is 17.7 Å². The molecule has 4 heteroatoms. The fourth-order valence-corrected chi connectivity index (χ4v) is 1.78. The summed E-state index contributed by atoms with van der Waals surface area (Å²) in [5, 5.41) is 3.19. The van der Waals surface area contributed by atoms with Gasteiger partial charge in [0, 0.05) is 11.6 Å². The molecule has 2 aromatic rings. The molecular formula is C12H10FNO2. The molecule has 3 nitrogen and oxygen atoms in total. The van der Waals surface area contributed by atoms with Crippen molar-refractivity contribution in [1.82, 2.24) is 0 Å². The third-order valence-electron chi connectivity index (χ3n) is 2.61. The van der Waals surface area contributed by atoms with Gasteiger partial charge in [0.05, 0.1) is 24.8 Å². The van der Waals surface area contributed by atoms with E-state index in [1.54, 1.807) is 18.6 Å². The van der Waals surface area contributed by atoms with Crippen LogP contribution in [0.25, 0.3) is 0 Å². The smallest absolute Gasteiger partial charge is 0.146 e. The molecule has 0 amide bonds. The second-order valence-corrected chi connectivity index (χ2v) is 3.68. The Kier molecular flexibility index (Phi) is 2.06. The minimum atomic E-state index is -0.298. The molecule has 0 fully saturated rings. The predicted molar refractivity (Wildman–Crippen MR) is 57.0 cm³/mol. The summed E-state index contributed by atoms with van der Waals surface area (Å²) in [5.41, 5.74) is 1.77. The van der Waals surface area contributed by atoms with Gasteiger partial charge in [-0.05, 0) is 18.2 Å². The topological polar surface area (TPSA) is 34.4 Å². The molecule has 1 aliphatic rings. The van der Waals surface area contributed by atoms with E-state index in [0.717, 1.165) is 11.3 Å². The van der Waals surface area contributed by atoms with Crippen molar-refractivity contribution in [3.8, 4) is 5.75 Å². The van der Waals surface area contributed by atoms with Gasteiger partial charge < -0.3 is 14.5 Å². The fraction of sp³-hybridized carbons (Fsp3) is 0.167. The van der Waals surface area contributed by atoms with Crippen molar-refractivity contribution in [3.63, 3.8) is 0 Å². The summed E-state index contributed by atoms with van der Waals surface area (Å²) in [4.78, 5) is 0. The molecule has 2 heterocycles. The van der Waals surface area contributed by atoms with Crippen LogP contribution in [0.4, 0.5) is 10.1 Å². The zero-order valence-electron chi connectivity index (χ0n) is 8.44. The number of ether oxygens (including phenoxy) is 1. The van der Waals surface area contributed by atoms with Gasteiger partial charge in [-0.2, -0.15) is 0 Å². The van der Waals surface area contributed by atoms with Crippen LogP contribution in [0.2, 0.25) is 0 Å². The Hall–Kier alpha value is -1.97. The Bertz CT molecular complexity index is 496. The van der Waals surface area contributed by atoms with Gasteiger partial charge in [-0.3, -0.25) is 0 Å². The summed E-state index contributed by atoms with van der Waals surface area (Å²) in [6.45, 7) is 0.651. The lowest BCUT2D eigenvalue weighted by Gasteiger charge is -2.26. The van der Waals surface area contributed by atoms with Gasteiger partial charge >= 0.3 is 0 Å². The van der Waals surface area contributed by atoms with Crippen LogP contribution in [0.5, 0.6) is 5.75 Å². The molecule has 0 saturated carbocycles. The molecule has 0 radical (unpaired) electrons. The number of nitrogens with one attached hydrogen (secondary N) is 1. The second-order valence-electron chi connectivity index (χ2n) is 3.68. The van der Waals surface area contributed by atoms with Gasteiger partial charge in [0.15, 0.2) is 0 Å². The first-order valence-corrected chi connectivity index (χ1v) is 5.05. The molecule has 82 valence electrons. The number of anilines is 1. The number of hydrogen-bond donors (Lipinski definition) is 1. The van der Waals surface area contributed by atoms with Crippen molar-refractivity contribution in [3.05, 3.63) is 48.2 Å². The van der Waals surface area contributed by atoms with Crippen LogP contribution in [0.15, 0.2) is 41.2 Å². The molecule has 1 unspecified atom stereocenters. The number of rotatable bonds is 1. The monoisotopic (exact) mass is 219 g/mol. The van der Waals surface area contributed by atoms with E-state index in [0.29, 0.717) is 12.3 Å². The molecular weight excluding hydrogens is 209 g/mol. The quantitative estimate of drug-likeness (QED) is 0.800. The summed E-state index contributed by atoms with van der Waals surface area (Å²) in [6.07, 6.45) is 3.10. The van der Waals surface area contributed by atoms with E-state index in [4.69, 9.17) is 9.15 Å². The van der Waals surface area contributed by atoms with E-state index in [2.05, 4.69) is 5.32 Å². The molecule has 1 aliphatic heterocycles. The van der Waals surface area contributed by atoms with Crippen LogP contribution in [0, 0.1) is 5.82 Å². The second kappa shape index (κ2) is 3.56. The van der Waals surface area contributed by atoms with E-state index in [1.807, 2.05) is 6.07 Å². The summed E-state index contributed by atoms with van der Waals surface area (Å²) >= 11 is 0. The summed E-state index contributed by atoms with van der Waals surface area (Å²) in [6, 6.07) is 6.31. The zero-order chi connectivity index (χ0) is 11.0. The van der Waals surface area contributed by atoms with Crippen LogP contribution in [0.3, 0.4) is 0 Å². The lowest BCUT2D eigenvalue weighted by atomic mass is 10.1.